The van der Waals surface area contributed by atoms with Crippen LogP contribution in [-0.4, -0.2) is 22.6 Å². The smallest absolute Gasteiger partial charge is 0.303 e. The number of allylic oxidation sites excluding steroid dienone is 3. The first kappa shape index (κ1) is 19.5. The summed E-state index contributed by atoms with van der Waals surface area (Å²) < 4.78 is 0. The number of hydrogen-bond donors (Lipinski definition) is 1. The van der Waals surface area contributed by atoms with Crippen molar-refractivity contribution in [2.24, 2.45) is 5.92 Å². The van der Waals surface area contributed by atoms with Gasteiger partial charge in [-0.05, 0) is 31.2 Å². The Morgan fingerprint density at radius 3 is 2.76 bits per heavy atom. The third-order valence-electron chi connectivity index (χ3n) is 4.37. The van der Waals surface area contributed by atoms with E-state index >= 15 is 0 Å². The van der Waals surface area contributed by atoms with Gasteiger partial charge in [-0.25, -0.2) is 0 Å². The van der Waals surface area contributed by atoms with Crippen molar-refractivity contribution >= 4 is 23.5 Å². The minimum atomic E-state index is -0.752. The molecular weight excluding hydrogens is 332 g/mol. The zero-order valence-electron chi connectivity index (χ0n) is 14.5. The van der Waals surface area contributed by atoms with Crippen LogP contribution < -0.4 is 0 Å². The van der Waals surface area contributed by atoms with E-state index in [1.807, 2.05) is 30.0 Å². The number of unbranched alkanes of at least 4 members (excludes halogenated alkanes) is 1. The Morgan fingerprint density at radius 2 is 2.00 bits per heavy atom. The van der Waals surface area contributed by atoms with E-state index < -0.39 is 5.97 Å². The molecule has 1 saturated carbocycles. The second-order valence-corrected chi connectivity index (χ2v) is 7.32. The van der Waals surface area contributed by atoms with Crippen molar-refractivity contribution in [3.63, 3.8) is 0 Å². The molecule has 1 aromatic rings. The highest BCUT2D eigenvalue weighted by Crippen LogP contribution is 2.31. The van der Waals surface area contributed by atoms with Gasteiger partial charge in [-0.15, -0.1) is 0 Å². The van der Waals surface area contributed by atoms with E-state index in [4.69, 9.17) is 5.11 Å². The van der Waals surface area contributed by atoms with Gasteiger partial charge in [-0.2, -0.15) is 11.8 Å². The monoisotopic (exact) mass is 358 g/mol. The van der Waals surface area contributed by atoms with Crippen molar-refractivity contribution in [3.05, 3.63) is 59.7 Å². The molecule has 1 atom stereocenters. The lowest BCUT2D eigenvalue weighted by molar-refractivity contribution is -0.137. The van der Waals surface area contributed by atoms with Gasteiger partial charge in [0.25, 0.3) is 0 Å². The summed E-state index contributed by atoms with van der Waals surface area (Å²) in [6, 6.07) is 10.4. The molecule has 0 aliphatic heterocycles. The first-order valence-corrected chi connectivity index (χ1v) is 10.0. The lowest BCUT2D eigenvalue weighted by Crippen LogP contribution is -2.07. The fourth-order valence-corrected chi connectivity index (χ4v) is 3.87. The van der Waals surface area contributed by atoms with Crippen molar-refractivity contribution < 1.29 is 14.7 Å². The van der Waals surface area contributed by atoms with Crippen LogP contribution in [0.5, 0.6) is 0 Å². The fourth-order valence-electron chi connectivity index (χ4n) is 2.99. The second kappa shape index (κ2) is 10.9. The van der Waals surface area contributed by atoms with Crippen LogP contribution >= 0.6 is 11.8 Å². The van der Waals surface area contributed by atoms with Crippen LogP contribution in [-0.2, 0) is 15.3 Å². The largest absolute Gasteiger partial charge is 0.481 e. The van der Waals surface area contributed by atoms with Gasteiger partial charge in [0.15, 0.2) is 0 Å². The topological polar surface area (TPSA) is 54.4 Å². The minimum Gasteiger partial charge on any atom is -0.481 e. The highest BCUT2D eigenvalue weighted by atomic mass is 32.2. The Balaban J connectivity index is 1.74. The predicted octanol–water partition coefficient (Wildman–Crippen LogP) is 5.03. The molecule has 1 aromatic carbocycles. The number of thioether (sulfide) groups is 1. The number of carbonyl (C=O) groups excluding carboxylic acids is 1. The van der Waals surface area contributed by atoms with E-state index in [1.54, 1.807) is 0 Å². The van der Waals surface area contributed by atoms with Crippen molar-refractivity contribution in [2.45, 2.75) is 44.3 Å². The summed E-state index contributed by atoms with van der Waals surface area (Å²) in [7, 11) is 0. The molecule has 0 heterocycles. The summed E-state index contributed by atoms with van der Waals surface area (Å²) >= 11 is 1.87. The number of ketones is 1. The third-order valence-corrected chi connectivity index (χ3v) is 5.31. The SMILES string of the molecule is O=C(O)CCCC=CCC1C(=O)CCC1=CCSCc1ccccc1. The van der Waals surface area contributed by atoms with Crippen LogP contribution in [0.25, 0.3) is 0 Å². The summed E-state index contributed by atoms with van der Waals surface area (Å²) in [6.45, 7) is 0. The third kappa shape index (κ3) is 7.30. The molecule has 0 bridgehead atoms. The first-order chi connectivity index (χ1) is 12.2. The van der Waals surface area contributed by atoms with Crippen molar-refractivity contribution in [3.8, 4) is 0 Å². The Kier molecular flexibility index (Phi) is 8.53. The Morgan fingerprint density at radius 1 is 1.20 bits per heavy atom. The van der Waals surface area contributed by atoms with Crippen molar-refractivity contribution in [1.29, 1.82) is 0 Å². The van der Waals surface area contributed by atoms with E-state index in [-0.39, 0.29) is 12.3 Å². The molecule has 2 rings (SSSR count). The Bertz CT molecular complexity index is 619. The fraction of sp³-hybridized carbons (Fsp3) is 0.429. The van der Waals surface area contributed by atoms with E-state index in [2.05, 4.69) is 30.3 Å². The molecule has 1 fully saturated rings. The molecule has 25 heavy (non-hydrogen) atoms. The summed E-state index contributed by atoms with van der Waals surface area (Å²) in [6.07, 6.45) is 10.2. The molecule has 134 valence electrons. The van der Waals surface area contributed by atoms with Gasteiger partial charge < -0.3 is 5.11 Å². The molecule has 1 unspecified atom stereocenters. The Labute approximate surface area is 154 Å². The summed E-state index contributed by atoms with van der Waals surface area (Å²) in [5.41, 5.74) is 2.61. The van der Waals surface area contributed by atoms with E-state index in [1.165, 1.54) is 11.1 Å². The molecule has 0 radical (unpaired) electrons. The lowest BCUT2D eigenvalue weighted by Gasteiger charge is -2.08. The van der Waals surface area contributed by atoms with Crippen molar-refractivity contribution in [2.75, 3.05) is 5.75 Å². The average molecular weight is 359 g/mol. The number of aliphatic carboxylic acids is 1. The van der Waals surface area contributed by atoms with Crippen LogP contribution in [0, 0.1) is 5.92 Å². The minimum absolute atomic E-state index is 0.0352. The van der Waals surface area contributed by atoms with Gasteiger partial charge in [0.1, 0.15) is 5.78 Å². The maximum Gasteiger partial charge on any atom is 0.303 e. The van der Waals surface area contributed by atoms with E-state index in [0.717, 1.165) is 30.8 Å². The molecule has 0 saturated heterocycles. The van der Waals surface area contributed by atoms with Crippen LogP contribution in [0.2, 0.25) is 0 Å². The Hall–Kier alpha value is -1.81. The number of hydrogen-bond acceptors (Lipinski definition) is 3. The lowest BCUT2D eigenvalue weighted by atomic mass is 9.97. The summed E-state index contributed by atoms with van der Waals surface area (Å²) in [5.74, 6) is 1.56. The van der Waals surface area contributed by atoms with Gasteiger partial charge in [0.05, 0.1) is 0 Å². The second-order valence-electron chi connectivity index (χ2n) is 6.29. The molecular formula is C21H26O3S. The van der Waals surface area contributed by atoms with Gasteiger partial charge in [-0.1, -0.05) is 54.1 Å². The molecule has 3 nitrogen and oxygen atoms in total. The normalized spacial score (nSPS) is 19.1. The highest BCUT2D eigenvalue weighted by molar-refractivity contribution is 7.98. The molecule has 4 heteroatoms. The van der Waals surface area contributed by atoms with Crippen LogP contribution in [0.15, 0.2) is 54.1 Å². The van der Waals surface area contributed by atoms with Gasteiger partial charge in [0.2, 0.25) is 0 Å². The molecule has 1 N–H and O–H groups in total. The highest BCUT2D eigenvalue weighted by Gasteiger charge is 2.27. The van der Waals surface area contributed by atoms with Crippen molar-refractivity contribution in [1.82, 2.24) is 0 Å². The van der Waals surface area contributed by atoms with Gasteiger partial charge in [0, 0.05) is 30.3 Å². The standard InChI is InChI=1S/C21H26O3S/c22-20-13-12-18(14-15-25-16-17-8-4-3-5-9-17)19(20)10-6-1-2-7-11-21(23)24/h1,3-6,8-9,14,19H,2,7,10-13,15-16H2,(H,23,24). The predicted molar refractivity (Wildman–Crippen MR) is 104 cm³/mol. The summed E-state index contributed by atoms with van der Waals surface area (Å²) in [4.78, 5) is 22.6. The summed E-state index contributed by atoms with van der Waals surface area (Å²) in [5, 5.41) is 8.61. The van der Waals surface area contributed by atoms with Crippen LogP contribution in [0.3, 0.4) is 0 Å². The van der Waals surface area contributed by atoms with Crippen LogP contribution in [0.1, 0.15) is 44.1 Å². The quantitative estimate of drug-likeness (QED) is 0.471. The maximum absolute atomic E-state index is 12.1. The molecule has 1 aliphatic rings. The van der Waals surface area contributed by atoms with Crippen LogP contribution in [0.4, 0.5) is 0 Å². The molecule has 0 aromatic heterocycles. The number of carbonyl (C=O) groups is 2. The van der Waals surface area contributed by atoms with E-state index in [0.29, 0.717) is 18.6 Å². The molecule has 1 aliphatic carbocycles. The van der Waals surface area contributed by atoms with E-state index in [9.17, 15) is 9.59 Å². The number of benzene rings is 1. The molecule has 0 spiro atoms. The molecule has 0 amide bonds. The number of Topliss-reactive ketones (excluding diaryl/α,β-unsaturated/α-hetero) is 1. The maximum atomic E-state index is 12.1. The zero-order chi connectivity index (χ0) is 17.9. The number of rotatable bonds is 10. The average Bonchev–Trinajstić information content (AvgIpc) is 2.95. The first-order valence-electron chi connectivity index (χ1n) is 8.87. The zero-order valence-corrected chi connectivity index (χ0v) is 15.3. The van der Waals surface area contributed by atoms with Gasteiger partial charge >= 0.3 is 5.97 Å². The number of carboxylic acid groups (broad SMARTS) is 1. The van der Waals surface area contributed by atoms with Gasteiger partial charge in [-0.3, -0.25) is 9.59 Å². The number of carboxylic acids is 1.